The lowest BCUT2D eigenvalue weighted by Gasteiger charge is -2.33. The van der Waals surface area contributed by atoms with Gasteiger partial charge in [0.1, 0.15) is 0 Å². The van der Waals surface area contributed by atoms with Crippen LogP contribution in [0.25, 0.3) is 10.3 Å². The number of carbonyl (C=O) groups excluding carboxylic acids is 1. The van der Waals surface area contributed by atoms with Crippen molar-refractivity contribution in [2.45, 2.75) is 13.8 Å². The Morgan fingerprint density at radius 2 is 2.05 bits per heavy atom. The second kappa shape index (κ2) is 6.21. The van der Waals surface area contributed by atoms with Gasteiger partial charge in [0.15, 0.2) is 10.8 Å². The molecule has 1 fully saturated rings. The van der Waals surface area contributed by atoms with Crippen LogP contribution in [-0.4, -0.2) is 65.0 Å². The van der Waals surface area contributed by atoms with E-state index in [1.54, 1.807) is 11.3 Å². The maximum absolute atomic E-state index is 11.5. The van der Waals surface area contributed by atoms with Crippen molar-refractivity contribution in [1.82, 2.24) is 19.7 Å². The maximum atomic E-state index is 11.5. The molecule has 120 valence electrons. The van der Waals surface area contributed by atoms with Gasteiger partial charge in [-0.3, -0.25) is 9.69 Å². The Hall–Kier alpha value is -1.67. The summed E-state index contributed by atoms with van der Waals surface area (Å²) in [6.07, 6.45) is 0. The highest BCUT2D eigenvalue weighted by molar-refractivity contribution is 7.22. The van der Waals surface area contributed by atoms with Gasteiger partial charge in [0.05, 0.1) is 23.5 Å². The minimum atomic E-state index is -0.141. The van der Waals surface area contributed by atoms with Crippen LogP contribution in [-0.2, 0) is 16.6 Å². The molecule has 7 nitrogen and oxygen atoms in total. The monoisotopic (exact) mass is 323 g/mol. The van der Waals surface area contributed by atoms with Crippen LogP contribution >= 0.6 is 11.3 Å². The third-order valence-corrected chi connectivity index (χ3v) is 5.05. The number of fused-ring (bicyclic) bond motifs is 1. The van der Waals surface area contributed by atoms with Crippen molar-refractivity contribution in [3.63, 3.8) is 0 Å². The average Bonchev–Trinajstić information content (AvgIpc) is 3.03. The van der Waals surface area contributed by atoms with Gasteiger partial charge >= 0.3 is 5.97 Å². The van der Waals surface area contributed by atoms with E-state index < -0.39 is 0 Å². The van der Waals surface area contributed by atoms with E-state index in [-0.39, 0.29) is 5.97 Å². The molecule has 0 amide bonds. The number of hydrogen-bond donors (Lipinski definition) is 0. The van der Waals surface area contributed by atoms with Crippen LogP contribution in [0.2, 0.25) is 0 Å². The largest absolute Gasteiger partial charge is 0.465 e. The van der Waals surface area contributed by atoms with Crippen LogP contribution < -0.4 is 4.90 Å². The van der Waals surface area contributed by atoms with Crippen LogP contribution in [0.1, 0.15) is 12.6 Å². The number of hydrogen-bond acceptors (Lipinski definition) is 7. The van der Waals surface area contributed by atoms with Gasteiger partial charge in [0, 0.05) is 33.2 Å². The van der Waals surface area contributed by atoms with Crippen molar-refractivity contribution in [3.8, 4) is 0 Å². The molecule has 0 N–H and O–H groups in total. The number of esters is 1. The molecule has 22 heavy (non-hydrogen) atoms. The summed E-state index contributed by atoms with van der Waals surface area (Å²) in [7, 11) is 1.93. The van der Waals surface area contributed by atoms with Crippen molar-refractivity contribution in [2.75, 3.05) is 44.2 Å². The van der Waals surface area contributed by atoms with Gasteiger partial charge in [-0.05, 0) is 13.8 Å². The first-order valence-corrected chi connectivity index (χ1v) is 8.33. The average molecular weight is 323 g/mol. The van der Waals surface area contributed by atoms with Gasteiger partial charge in [-0.2, -0.15) is 5.10 Å². The number of nitrogens with zero attached hydrogens (tertiary/aromatic N) is 5. The van der Waals surface area contributed by atoms with Gasteiger partial charge in [-0.25, -0.2) is 9.67 Å². The zero-order chi connectivity index (χ0) is 15.7. The van der Waals surface area contributed by atoms with Gasteiger partial charge in [-0.15, -0.1) is 0 Å². The van der Waals surface area contributed by atoms with Crippen LogP contribution in [0, 0.1) is 6.92 Å². The molecule has 3 heterocycles. The first-order chi connectivity index (χ1) is 10.6. The van der Waals surface area contributed by atoms with E-state index in [9.17, 15) is 4.79 Å². The minimum Gasteiger partial charge on any atom is -0.465 e. The summed E-state index contributed by atoms with van der Waals surface area (Å²) in [5.41, 5.74) is 1.98. The molecule has 3 rings (SSSR count). The summed E-state index contributed by atoms with van der Waals surface area (Å²) < 4.78 is 7.99. The maximum Gasteiger partial charge on any atom is 0.320 e. The number of aromatic nitrogens is 3. The lowest BCUT2D eigenvalue weighted by atomic mass is 10.3. The molecule has 0 spiro atoms. The van der Waals surface area contributed by atoms with Crippen LogP contribution in [0.15, 0.2) is 0 Å². The Bertz CT molecular complexity index is 638. The molecule has 1 saturated heterocycles. The van der Waals surface area contributed by atoms with E-state index in [4.69, 9.17) is 9.72 Å². The summed E-state index contributed by atoms with van der Waals surface area (Å²) in [6, 6.07) is 0. The molecule has 0 radical (unpaired) electrons. The Kier molecular flexibility index (Phi) is 4.30. The number of aryl methyl sites for hydroxylation is 2. The summed E-state index contributed by atoms with van der Waals surface area (Å²) in [5, 5.41) is 5.43. The molecule has 1 aliphatic heterocycles. The fourth-order valence-corrected chi connectivity index (χ4v) is 3.78. The van der Waals surface area contributed by atoms with E-state index in [2.05, 4.69) is 14.9 Å². The molecule has 0 unspecified atom stereocenters. The second-order valence-corrected chi connectivity index (χ2v) is 6.40. The van der Waals surface area contributed by atoms with E-state index in [0.717, 1.165) is 47.4 Å². The van der Waals surface area contributed by atoms with Gasteiger partial charge in [0.2, 0.25) is 0 Å². The highest BCUT2D eigenvalue weighted by Crippen LogP contribution is 2.31. The normalized spacial score (nSPS) is 16.4. The second-order valence-electron chi connectivity index (χ2n) is 5.43. The van der Waals surface area contributed by atoms with Crippen LogP contribution in [0.5, 0.6) is 0 Å². The molecule has 2 aromatic rings. The van der Waals surface area contributed by atoms with Crippen molar-refractivity contribution in [1.29, 1.82) is 0 Å². The Morgan fingerprint density at radius 1 is 1.32 bits per heavy atom. The molecule has 0 saturated carbocycles. The lowest BCUT2D eigenvalue weighted by Crippen LogP contribution is -2.48. The first-order valence-electron chi connectivity index (χ1n) is 7.51. The fourth-order valence-electron chi connectivity index (χ4n) is 2.70. The predicted molar refractivity (Wildman–Crippen MR) is 86.4 cm³/mol. The Labute approximate surface area is 133 Å². The van der Waals surface area contributed by atoms with Crippen LogP contribution in [0.4, 0.5) is 5.13 Å². The van der Waals surface area contributed by atoms with Crippen molar-refractivity contribution >= 4 is 32.8 Å². The minimum absolute atomic E-state index is 0.141. The predicted octanol–water partition coefficient (Wildman–Crippen LogP) is 1.02. The molecular weight excluding hydrogens is 302 g/mol. The third-order valence-electron chi connectivity index (χ3n) is 3.83. The first kappa shape index (κ1) is 15.2. The zero-order valence-electron chi connectivity index (χ0n) is 13.2. The van der Waals surface area contributed by atoms with Crippen LogP contribution in [0.3, 0.4) is 0 Å². The molecule has 0 aliphatic carbocycles. The molecule has 0 atom stereocenters. The van der Waals surface area contributed by atoms with Crippen molar-refractivity contribution < 1.29 is 9.53 Å². The number of anilines is 1. The smallest absolute Gasteiger partial charge is 0.320 e. The highest BCUT2D eigenvalue weighted by atomic mass is 32.1. The van der Waals surface area contributed by atoms with Crippen molar-refractivity contribution in [3.05, 3.63) is 5.69 Å². The number of rotatable bonds is 4. The van der Waals surface area contributed by atoms with Gasteiger partial charge in [0.25, 0.3) is 0 Å². The van der Waals surface area contributed by atoms with E-state index >= 15 is 0 Å². The van der Waals surface area contributed by atoms with Gasteiger partial charge < -0.3 is 9.64 Å². The fraction of sp³-hybridized carbons (Fsp3) is 0.643. The lowest BCUT2D eigenvalue weighted by molar-refractivity contribution is -0.144. The Balaban J connectivity index is 1.63. The third kappa shape index (κ3) is 2.93. The quantitative estimate of drug-likeness (QED) is 0.783. The molecular formula is C14H21N5O2S. The number of thiazole rings is 1. The molecule has 0 bridgehead atoms. The summed E-state index contributed by atoms with van der Waals surface area (Å²) in [5.74, 6) is -0.141. The summed E-state index contributed by atoms with van der Waals surface area (Å²) >= 11 is 1.70. The number of carbonyl (C=O) groups is 1. The Morgan fingerprint density at radius 3 is 2.68 bits per heavy atom. The highest BCUT2D eigenvalue weighted by Gasteiger charge is 2.23. The SMILES string of the molecule is CCOC(=O)CN1CCN(c2nc3c(s2)c(C)nn3C)CC1. The standard InChI is InChI=1S/C14H21N5O2S/c1-4-21-11(20)9-18-5-7-19(8-6-18)14-15-13-12(22-14)10(2)16-17(13)3/h4-9H2,1-3H3. The van der Waals surface area contributed by atoms with Crippen molar-refractivity contribution in [2.24, 2.45) is 7.05 Å². The molecule has 1 aliphatic rings. The molecule has 8 heteroatoms. The van der Waals surface area contributed by atoms with E-state index in [1.165, 1.54) is 0 Å². The zero-order valence-corrected chi connectivity index (χ0v) is 14.0. The summed E-state index contributed by atoms with van der Waals surface area (Å²) in [6.45, 7) is 8.14. The molecule has 0 aromatic carbocycles. The number of piperazine rings is 1. The molecule has 2 aromatic heterocycles. The number of ether oxygens (including phenoxy) is 1. The summed E-state index contributed by atoms with van der Waals surface area (Å²) in [4.78, 5) is 20.6. The van der Waals surface area contributed by atoms with E-state index in [0.29, 0.717) is 13.2 Å². The topological polar surface area (TPSA) is 63.5 Å². The van der Waals surface area contributed by atoms with Gasteiger partial charge in [-0.1, -0.05) is 11.3 Å². The van der Waals surface area contributed by atoms with E-state index in [1.807, 2.05) is 25.6 Å².